The fourth-order valence-corrected chi connectivity index (χ4v) is 4.81. The zero-order valence-corrected chi connectivity index (χ0v) is 15.7. The highest BCUT2D eigenvalue weighted by Crippen LogP contribution is 2.42. The number of halogens is 2. The van der Waals surface area contributed by atoms with E-state index in [0.717, 1.165) is 36.6 Å². The Kier molecular flexibility index (Phi) is 5.03. The summed E-state index contributed by atoms with van der Waals surface area (Å²) in [7, 11) is 0. The van der Waals surface area contributed by atoms with Gasteiger partial charge in [-0.2, -0.15) is 0 Å². The van der Waals surface area contributed by atoms with E-state index in [1.807, 2.05) is 18.5 Å². The number of benzene rings is 1. The number of alkyl halides is 1. The lowest BCUT2D eigenvalue weighted by molar-refractivity contribution is 0.125. The number of hydrogen-bond acceptors (Lipinski definition) is 3. The zero-order valence-electron chi connectivity index (χ0n) is 14.9. The molecule has 2 aromatic rings. The summed E-state index contributed by atoms with van der Waals surface area (Å²) >= 11 is 6.80. The van der Waals surface area contributed by atoms with Gasteiger partial charge in [-0.1, -0.05) is 0 Å². The van der Waals surface area contributed by atoms with Gasteiger partial charge in [0, 0.05) is 29.2 Å². The molecule has 3 nitrogen and oxygen atoms in total. The summed E-state index contributed by atoms with van der Waals surface area (Å²) in [5, 5.41) is 1.06. The second kappa shape index (κ2) is 7.43. The fourth-order valence-electron chi connectivity index (χ4n) is 4.36. The van der Waals surface area contributed by atoms with Gasteiger partial charge >= 0.3 is 0 Å². The van der Waals surface area contributed by atoms with Crippen LogP contribution in [0.2, 0.25) is 0 Å². The fraction of sp³-hybridized carbons (Fsp3) is 0.476. The normalized spacial score (nSPS) is 26.9. The highest BCUT2D eigenvalue weighted by Gasteiger charge is 2.32. The summed E-state index contributed by atoms with van der Waals surface area (Å²) in [4.78, 5) is 6.59. The van der Waals surface area contributed by atoms with Crippen LogP contribution < -0.4 is 0 Å². The Morgan fingerprint density at radius 2 is 2.23 bits per heavy atom. The van der Waals surface area contributed by atoms with Gasteiger partial charge in [0.15, 0.2) is 6.73 Å². The molecule has 0 bridgehead atoms. The molecule has 2 aliphatic rings. The van der Waals surface area contributed by atoms with Crippen molar-refractivity contribution in [3.63, 3.8) is 0 Å². The van der Waals surface area contributed by atoms with Gasteiger partial charge in [-0.05, 0) is 74.3 Å². The van der Waals surface area contributed by atoms with Crippen LogP contribution in [-0.2, 0) is 4.74 Å². The second-order valence-corrected chi connectivity index (χ2v) is 8.09. The Bertz CT molecular complexity index is 812. The highest BCUT2D eigenvalue weighted by atomic mass is 35.5. The lowest BCUT2D eigenvalue weighted by Crippen LogP contribution is -2.33. The van der Waals surface area contributed by atoms with Crippen LogP contribution in [-0.4, -0.2) is 28.0 Å². The Labute approximate surface area is 158 Å². The first kappa shape index (κ1) is 17.6. The molecule has 1 fully saturated rings. The van der Waals surface area contributed by atoms with Crippen molar-refractivity contribution >= 4 is 22.5 Å². The summed E-state index contributed by atoms with van der Waals surface area (Å²) in [6.45, 7) is 2.87. The first-order valence-corrected chi connectivity index (χ1v) is 9.77. The molecular weight excluding hydrogens is 351 g/mol. The van der Waals surface area contributed by atoms with Crippen molar-refractivity contribution < 1.29 is 9.13 Å². The minimum atomic E-state index is -0.211. The third-order valence-electron chi connectivity index (χ3n) is 5.87. The Morgan fingerprint density at radius 1 is 1.35 bits per heavy atom. The summed E-state index contributed by atoms with van der Waals surface area (Å²) in [6, 6.07) is 7.29. The van der Waals surface area contributed by atoms with Crippen molar-refractivity contribution in [2.45, 2.75) is 49.9 Å². The number of rotatable bonds is 4. The summed E-state index contributed by atoms with van der Waals surface area (Å²) in [5.41, 5.74) is 2.04. The molecule has 0 radical (unpaired) electrons. The van der Waals surface area contributed by atoms with Crippen LogP contribution >= 0.6 is 11.6 Å². The van der Waals surface area contributed by atoms with Crippen LogP contribution in [0.5, 0.6) is 0 Å². The molecule has 0 spiro atoms. The van der Waals surface area contributed by atoms with Crippen LogP contribution in [0.1, 0.15) is 44.1 Å². The molecule has 4 atom stereocenters. The van der Waals surface area contributed by atoms with Gasteiger partial charge in [-0.3, -0.25) is 4.98 Å². The van der Waals surface area contributed by atoms with Crippen molar-refractivity contribution in [3.05, 3.63) is 54.3 Å². The first-order chi connectivity index (χ1) is 12.6. The van der Waals surface area contributed by atoms with E-state index in [9.17, 15) is 4.39 Å². The Morgan fingerprint density at radius 3 is 3.00 bits per heavy atom. The molecule has 2 heterocycles. The van der Waals surface area contributed by atoms with Crippen molar-refractivity contribution in [1.82, 2.24) is 9.88 Å². The highest BCUT2D eigenvalue weighted by molar-refractivity contribution is 6.20. The van der Waals surface area contributed by atoms with Crippen LogP contribution in [0.15, 0.2) is 42.9 Å². The Balaban J connectivity index is 1.47. The van der Waals surface area contributed by atoms with E-state index in [1.165, 1.54) is 11.6 Å². The van der Waals surface area contributed by atoms with Crippen LogP contribution in [0, 0.1) is 11.7 Å². The van der Waals surface area contributed by atoms with Crippen molar-refractivity contribution in [2.75, 3.05) is 6.73 Å². The molecule has 0 amide bonds. The van der Waals surface area contributed by atoms with Gasteiger partial charge < -0.3 is 9.64 Å². The molecule has 26 heavy (non-hydrogen) atoms. The molecule has 1 aliphatic heterocycles. The Hall–Kier alpha value is -1.81. The SMILES string of the molecule is C[C@H](CC1CCC(c2ccnc3ccc(F)cc23)CC1Cl)N1C=COC1. The van der Waals surface area contributed by atoms with Gasteiger partial charge in [0.2, 0.25) is 0 Å². The number of fused-ring (bicyclic) bond motifs is 1. The maximum Gasteiger partial charge on any atom is 0.160 e. The lowest BCUT2D eigenvalue weighted by Gasteiger charge is -2.36. The van der Waals surface area contributed by atoms with E-state index in [0.29, 0.717) is 24.6 Å². The largest absolute Gasteiger partial charge is 0.479 e. The van der Waals surface area contributed by atoms with E-state index in [4.69, 9.17) is 16.3 Å². The monoisotopic (exact) mass is 374 g/mol. The summed E-state index contributed by atoms with van der Waals surface area (Å²) in [6.07, 6.45) is 9.77. The molecule has 0 N–H and O–H groups in total. The maximum atomic E-state index is 13.7. The predicted octanol–water partition coefficient (Wildman–Crippen LogP) is 5.40. The summed E-state index contributed by atoms with van der Waals surface area (Å²) < 4.78 is 19.0. The quantitative estimate of drug-likeness (QED) is 0.669. The molecule has 1 aromatic heterocycles. The molecular formula is C21H24ClFN2O. The first-order valence-electron chi connectivity index (χ1n) is 9.34. The topological polar surface area (TPSA) is 25.4 Å². The average Bonchev–Trinajstić information content (AvgIpc) is 3.18. The van der Waals surface area contributed by atoms with Gasteiger partial charge in [-0.15, -0.1) is 11.6 Å². The van der Waals surface area contributed by atoms with Gasteiger partial charge in [0.25, 0.3) is 0 Å². The van der Waals surface area contributed by atoms with E-state index in [2.05, 4.69) is 16.8 Å². The van der Waals surface area contributed by atoms with E-state index in [1.54, 1.807) is 18.4 Å². The lowest BCUT2D eigenvalue weighted by atomic mass is 9.75. The molecule has 5 heteroatoms. The third-order valence-corrected chi connectivity index (χ3v) is 6.40. The second-order valence-electron chi connectivity index (χ2n) is 7.53. The van der Waals surface area contributed by atoms with E-state index < -0.39 is 0 Å². The number of hydrogen-bond donors (Lipinski definition) is 0. The average molecular weight is 375 g/mol. The number of aromatic nitrogens is 1. The summed E-state index contributed by atoms with van der Waals surface area (Å²) in [5.74, 6) is 0.658. The molecule has 3 unspecified atom stereocenters. The van der Waals surface area contributed by atoms with Crippen molar-refractivity contribution in [2.24, 2.45) is 5.92 Å². The van der Waals surface area contributed by atoms with Gasteiger partial charge in [-0.25, -0.2) is 4.39 Å². The van der Waals surface area contributed by atoms with E-state index in [-0.39, 0.29) is 11.2 Å². The van der Waals surface area contributed by atoms with Crippen molar-refractivity contribution in [1.29, 1.82) is 0 Å². The number of ether oxygens (including phenoxy) is 1. The van der Waals surface area contributed by atoms with Crippen molar-refractivity contribution in [3.8, 4) is 0 Å². The minimum absolute atomic E-state index is 0.139. The number of nitrogens with zero attached hydrogens (tertiary/aromatic N) is 2. The molecule has 1 aliphatic carbocycles. The molecule has 138 valence electrons. The van der Waals surface area contributed by atoms with Crippen LogP contribution in [0.4, 0.5) is 4.39 Å². The molecule has 1 saturated carbocycles. The van der Waals surface area contributed by atoms with E-state index >= 15 is 0 Å². The standard InChI is InChI=1S/C21H24ClFN2O/c1-14(25-8-9-26-13-25)10-16-3-2-15(11-20(16)22)18-6-7-24-21-5-4-17(23)12-19(18)21/h4-9,12,14-16,20H,2-3,10-11,13H2,1H3/t14-,15?,16?,20?/m1/s1. The number of pyridine rings is 1. The zero-order chi connectivity index (χ0) is 18.1. The third kappa shape index (κ3) is 3.52. The van der Waals surface area contributed by atoms with Gasteiger partial charge in [0.1, 0.15) is 12.1 Å². The predicted molar refractivity (Wildman–Crippen MR) is 102 cm³/mol. The van der Waals surface area contributed by atoms with Crippen LogP contribution in [0.25, 0.3) is 10.9 Å². The molecule has 1 aromatic carbocycles. The smallest absolute Gasteiger partial charge is 0.160 e. The maximum absolute atomic E-state index is 13.7. The van der Waals surface area contributed by atoms with Crippen LogP contribution in [0.3, 0.4) is 0 Å². The molecule has 4 rings (SSSR count). The van der Waals surface area contributed by atoms with Gasteiger partial charge in [0.05, 0.1) is 5.52 Å². The minimum Gasteiger partial charge on any atom is -0.479 e. The molecule has 0 saturated heterocycles.